The highest BCUT2D eigenvalue weighted by atomic mass is 16.5. The van der Waals surface area contributed by atoms with Gasteiger partial charge in [0, 0.05) is 42.8 Å². The van der Waals surface area contributed by atoms with Gasteiger partial charge in [0.15, 0.2) is 0 Å². The number of fused-ring (bicyclic) bond motifs is 1. The molecule has 2 N–H and O–H groups in total. The maximum absolute atomic E-state index is 12.7. The van der Waals surface area contributed by atoms with Crippen molar-refractivity contribution in [2.45, 2.75) is 38.6 Å². The van der Waals surface area contributed by atoms with Gasteiger partial charge in [0.2, 0.25) is 5.91 Å². The lowest BCUT2D eigenvalue weighted by molar-refractivity contribution is -0.147. The summed E-state index contributed by atoms with van der Waals surface area (Å²) in [4.78, 5) is 28.6. The molecule has 1 saturated heterocycles. The molecule has 6 nitrogen and oxygen atoms in total. The van der Waals surface area contributed by atoms with Gasteiger partial charge in [-0.25, -0.2) is 0 Å². The van der Waals surface area contributed by atoms with Crippen LogP contribution in [0.15, 0.2) is 24.4 Å². The minimum Gasteiger partial charge on any atom is -0.480 e. The highest BCUT2D eigenvalue weighted by Gasteiger charge is 2.27. The molecule has 0 atom stereocenters. The van der Waals surface area contributed by atoms with Gasteiger partial charge in [0.1, 0.15) is 6.54 Å². The molecule has 1 aromatic carbocycles. The Morgan fingerprint density at radius 1 is 1.32 bits per heavy atom. The fourth-order valence-electron chi connectivity index (χ4n) is 3.52. The third kappa shape index (κ3) is 4.02. The first-order valence-electron chi connectivity index (χ1n) is 8.71. The number of hydrogen-bond acceptors (Lipinski definition) is 3. The van der Waals surface area contributed by atoms with Gasteiger partial charge >= 0.3 is 5.97 Å². The molecule has 0 unspecified atom stereocenters. The standard InChI is InChI=1S/C19H24N2O4/c1-13-3-2-4-16-14(11-20-19(13)16)5-6-17(22)21(12-18(23)24)15-7-9-25-10-8-15/h2-4,11,15,20H,5-10,12H2,1H3,(H,23,24). The van der Waals surface area contributed by atoms with Gasteiger partial charge in [-0.05, 0) is 37.3 Å². The number of carbonyl (C=O) groups excluding carboxylic acids is 1. The van der Waals surface area contributed by atoms with E-state index < -0.39 is 5.97 Å². The van der Waals surface area contributed by atoms with E-state index in [4.69, 9.17) is 9.84 Å². The van der Waals surface area contributed by atoms with E-state index in [1.807, 2.05) is 31.3 Å². The van der Waals surface area contributed by atoms with E-state index in [1.165, 1.54) is 10.5 Å². The summed E-state index contributed by atoms with van der Waals surface area (Å²) in [6.45, 7) is 2.97. The van der Waals surface area contributed by atoms with Crippen LogP contribution in [0.3, 0.4) is 0 Å². The number of aromatic amines is 1. The second-order valence-corrected chi connectivity index (χ2v) is 6.57. The van der Waals surface area contributed by atoms with Crippen LogP contribution in [0.4, 0.5) is 0 Å². The van der Waals surface area contributed by atoms with E-state index in [1.54, 1.807) is 0 Å². The van der Waals surface area contributed by atoms with Crippen LogP contribution in [0, 0.1) is 6.92 Å². The van der Waals surface area contributed by atoms with Gasteiger partial charge in [0.25, 0.3) is 0 Å². The average Bonchev–Trinajstić information content (AvgIpc) is 3.03. The zero-order valence-electron chi connectivity index (χ0n) is 14.5. The van der Waals surface area contributed by atoms with Crippen molar-refractivity contribution < 1.29 is 19.4 Å². The lowest BCUT2D eigenvalue weighted by atomic mass is 10.0. The van der Waals surface area contributed by atoms with Crippen LogP contribution in [-0.2, 0) is 20.7 Å². The summed E-state index contributed by atoms with van der Waals surface area (Å²) < 4.78 is 5.32. The van der Waals surface area contributed by atoms with Crippen LogP contribution in [0.5, 0.6) is 0 Å². The summed E-state index contributed by atoms with van der Waals surface area (Å²) in [5, 5.41) is 10.3. The number of nitrogens with zero attached hydrogens (tertiary/aromatic N) is 1. The second-order valence-electron chi connectivity index (χ2n) is 6.57. The maximum Gasteiger partial charge on any atom is 0.323 e. The number of aromatic nitrogens is 1. The minimum atomic E-state index is -0.970. The number of benzene rings is 1. The zero-order chi connectivity index (χ0) is 17.8. The van der Waals surface area contributed by atoms with Gasteiger partial charge in [-0.3, -0.25) is 9.59 Å². The third-order valence-corrected chi connectivity index (χ3v) is 4.88. The number of carboxylic acid groups (broad SMARTS) is 1. The first-order chi connectivity index (χ1) is 12.1. The van der Waals surface area contributed by atoms with Crippen molar-refractivity contribution in [2.75, 3.05) is 19.8 Å². The Balaban J connectivity index is 1.69. The highest BCUT2D eigenvalue weighted by molar-refractivity contribution is 5.87. The highest BCUT2D eigenvalue weighted by Crippen LogP contribution is 2.23. The summed E-state index contributed by atoms with van der Waals surface area (Å²) in [5.41, 5.74) is 3.36. The number of para-hydroxylation sites is 1. The fraction of sp³-hybridized carbons (Fsp3) is 0.474. The van der Waals surface area contributed by atoms with Crippen molar-refractivity contribution in [3.8, 4) is 0 Å². The molecular weight excluding hydrogens is 320 g/mol. The molecule has 0 bridgehead atoms. The van der Waals surface area contributed by atoms with E-state index in [-0.39, 0.29) is 18.5 Å². The number of amides is 1. The number of rotatable bonds is 6. The molecule has 2 heterocycles. The number of nitrogens with one attached hydrogen (secondary N) is 1. The van der Waals surface area contributed by atoms with Gasteiger partial charge in [-0.1, -0.05) is 18.2 Å². The van der Waals surface area contributed by atoms with E-state index in [9.17, 15) is 9.59 Å². The first-order valence-corrected chi connectivity index (χ1v) is 8.71. The lowest BCUT2D eigenvalue weighted by Gasteiger charge is -2.33. The largest absolute Gasteiger partial charge is 0.480 e. The number of aryl methyl sites for hydroxylation is 2. The number of hydrogen-bond donors (Lipinski definition) is 2. The van der Waals surface area contributed by atoms with Gasteiger partial charge < -0.3 is 19.7 Å². The Morgan fingerprint density at radius 2 is 2.08 bits per heavy atom. The number of carbonyl (C=O) groups is 2. The molecule has 0 radical (unpaired) electrons. The van der Waals surface area contributed by atoms with Crippen LogP contribution in [0.2, 0.25) is 0 Å². The van der Waals surface area contributed by atoms with Crippen molar-refractivity contribution in [2.24, 2.45) is 0 Å². The van der Waals surface area contributed by atoms with Gasteiger partial charge in [0.05, 0.1) is 0 Å². The van der Waals surface area contributed by atoms with Crippen LogP contribution in [0.25, 0.3) is 10.9 Å². The third-order valence-electron chi connectivity index (χ3n) is 4.88. The van der Waals surface area contributed by atoms with E-state index in [0.717, 1.165) is 16.5 Å². The molecular formula is C19H24N2O4. The summed E-state index contributed by atoms with van der Waals surface area (Å²) in [6.07, 6.45) is 4.25. The molecule has 2 aromatic rings. The van der Waals surface area contributed by atoms with Crippen molar-refractivity contribution in [1.82, 2.24) is 9.88 Å². The number of carboxylic acids is 1. The minimum absolute atomic E-state index is 0.0393. The van der Waals surface area contributed by atoms with Gasteiger partial charge in [-0.2, -0.15) is 0 Å². The number of ether oxygens (including phenoxy) is 1. The Bertz CT molecular complexity index is 762. The van der Waals surface area contributed by atoms with E-state index >= 15 is 0 Å². The Morgan fingerprint density at radius 3 is 2.80 bits per heavy atom. The van der Waals surface area contributed by atoms with Crippen LogP contribution < -0.4 is 0 Å². The molecule has 1 aliphatic heterocycles. The van der Waals surface area contributed by atoms with Crippen LogP contribution in [0.1, 0.15) is 30.4 Å². The van der Waals surface area contributed by atoms with Gasteiger partial charge in [-0.15, -0.1) is 0 Å². The smallest absolute Gasteiger partial charge is 0.323 e. The fourth-order valence-corrected chi connectivity index (χ4v) is 3.52. The molecule has 134 valence electrons. The van der Waals surface area contributed by atoms with Crippen LogP contribution in [-0.4, -0.2) is 52.7 Å². The van der Waals surface area contributed by atoms with E-state index in [2.05, 4.69) is 4.98 Å². The van der Waals surface area contributed by atoms with Crippen molar-refractivity contribution in [3.05, 3.63) is 35.5 Å². The topological polar surface area (TPSA) is 82.6 Å². The Hall–Kier alpha value is -2.34. The van der Waals surface area contributed by atoms with E-state index in [0.29, 0.717) is 38.9 Å². The van der Waals surface area contributed by atoms with Crippen molar-refractivity contribution in [1.29, 1.82) is 0 Å². The Kier molecular flexibility index (Phi) is 5.38. The van der Waals surface area contributed by atoms with Crippen molar-refractivity contribution >= 4 is 22.8 Å². The average molecular weight is 344 g/mol. The number of H-pyrrole nitrogens is 1. The predicted octanol–water partition coefficient (Wildman–Crippen LogP) is 2.50. The SMILES string of the molecule is Cc1cccc2c(CCC(=O)N(CC(=O)O)C3CCOCC3)c[nH]c12. The first kappa shape index (κ1) is 17.5. The molecule has 6 heteroatoms. The Labute approximate surface area is 146 Å². The number of aliphatic carboxylic acids is 1. The molecule has 0 aliphatic carbocycles. The monoisotopic (exact) mass is 344 g/mol. The quantitative estimate of drug-likeness (QED) is 0.843. The molecule has 1 aromatic heterocycles. The lowest BCUT2D eigenvalue weighted by Crippen LogP contribution is -2.46. The summed E-state index contributed by atoms with van der Waals surface area (Å²) >= 11 is 0. The molecule has 3 rings (SSSR count). The summed E-state index contributed by atoms with van der Waals surface area (Å²) in [5.74, 6) is -1.07. The molecule has 1 aliphatic rings. The summed E-state index contributed by atoms with van der Waals surface area (Å²) in [6, 6.07) is 6.07. The normalized spacial score (nSPS) is 15.4. The summed E-state index contributed by atoms with van der Waals surface area (Å²) in [7, 11) is 0. The van der Waals surface area contributed by atoms with Crippen LogP contribution >= 0.6 is 0 Å². The maximum atomic E-state index is 12.7. The molecule has 0 saturated carbocycles. The molecule has 25 heavy (non-hydrogen) atoms. The molecule has 0 spiro atoms. The predicted molar refractivity (Wildman–Crippen MR) is 94.5 cm³/mol. The molecule has 1 amide bonds. The van der Waals surface area contributed by atoms with Crippen molar-refractivity contribution in [3.63, 3.8) is 0 Å². The zero-order valence-corrected chi connectivity index (χ0v) is 14.5. The second kappa shape index (κ2) is 7.70. The molecule has 1 fully saturated rings.